The third-order valence-electron chi connectivity index (χ3n) is 2.50. The van der Waals surface area contributed by atoms with Gasteiger partial charge in [-0.3, -0.25) is 9.59 Å². The van der Waals surface area contributed by atoms with Gasteiger partial charge in [0.2, 0.25) is 5.91 Å². The van der Waals surface area contributed by atoms with Crippen molar-refractivity contribution < 1.29 is 24.6 Å². The third kappa shape index (κ3) is 3.44. The maximum absolute atomic E-state index is 11.6. The smallest absolute Gasteiger partial charge is 0.329 e. The second-order valence-electron chi connectivity index (χ2n) is 4.01. The van der Waals surface area contributed by atoms with Crippen LogP contribution < -0.4 is 0 Å². The first-order valence-electron chi connectivity index (χ1n) is 5.20. The Bertz CT molecular complexity index is 344. The fraction of sp³-hybridized carbons (Fsp3) is 0.700. The van der Waals surface area contributed by atoms with Crippen molar-refractivity contribution in [1.82, 2.24) is 4.90 Å². The molecule has 1 aliphatic rings. The predicted molar refractivity (Wildman–Crippen MR) is 61.5 cm³/mol. The number of carboxylic acids is 1. The Morgan fingerprint density at radius 3 is 2.53 bits per heavy atom. The van der Waals surface area contributed by atoms with Crippen LogP contribution in [0.4, 0.5) is 0 Å². The standard InChI is InChI=1S/C10H15NO5S/c1-5(12)9(10(15)16)11-4-7(3-8(11)14)17-6(2)13/h5,7,9,12H,3-4H2,1-2H3,(H,15,16). The highest BCUT2D eigenvalue weighted by Crippen LogP contribution is 2.26. The zero-order valence-electron chi connectivity index (χ0n) is 9.62. The van der Waals surface area contributed by atoms with Gasteiger partial charge in [0.1, 0.15) is 0 Å². The van der Waals surface area contributed by atoms with Crippen molar-refractivity contribution in [3.8, 4) is 0 Å². The summed E-state index contributed by atoms with van der Waals surface area (Å²) in [6.07, 6.45) is -1.00. The molecular formula is C10H15NO5S. The number of aliphatic hydroxyl groups excluding tert-OH is 1. The Kier molecular flexibility index (Phi) is 4.53. The quantitative estimate of drug-likeness (QED) is 0.721. The molecule has 0 saturated carbocycles. The Morgan fingerprint density at radius 2 is 2.12 bits per heavy atom. The number of likely N-dealkylation sites (tertiary alicyclic amines) is 1. The van der Waals surface area contributed by atoms with Gasteiger partial charge in [0.25, 0.3) is 0 Å². The Hall–Kier alpha value is -1.08. The molecule has 0 aliphatic carbocycles. The van der Waals surface area contributed by atoms with E-state index in [0.717, 1.165) is 16.7 Å². The Labute approximate surface area is 103 Å². The van der Waals surface area contributed by atoms with Crippen LogP contribution in [0, 0.1) is 0 Å². The third-order valence-corrected chi connectivity index (χ3v) is 3.48. The summed E-state index contributed by atoms with van der Waals surface area (Å²) in [7, 11) is 0. The monoisotopic (exact) mass is 261 g/mol. The lowest BCUT2D eigenvalue weighted by atomic mass is 10.1. The summed E-state index contributed by atoms with van der Waals surface area (Å²) in [6, 6.07) is -1.24. The zero-order chi connectivity index (χ0) is 13.2. The van der Waals surface area contributed by atoms with Gasteiger partial charge >= 0.3 is 5.97 Å². The number of carboxylic acid groups (broad SMARTS) is 1. The number of rotatable bonds is 4. The summed E-state index contributed by atoms with van der Waals surface area (Å²) in [5.74, 6) is -1.57. The van der Waals surface area contributed by atoms with Crippen LogP contribution in [0.5, 0.6) is 0 Å². The summed E-state index contributed by atoms with van der Waals surface area (Å²) in [5.41, 5.74) is 0. The lowest BCUT2D eigenvalue weighted by Gasteiger charge is -2.26. The highest BCUT2D eigenvalue weighted by atomic mass is 32.2. The van der Waals surface area contributed by atoms with Gasteiger partial charge in [-0.15, -0.1) is 0 Å². The first-order chi connectivity index (χ1) is 7.82. The molecule has 0 aromatic rings. The summed E-state index contributed by atoms with van der Waals surface area (Å²) in [5, 5.41) is 18.0. The van der Waals surface area contributed by atoms with Crippen molar-refractivity contribution in [2.75, 3.05) is 6.54 Å². The van der Waals surface area contributed by atoms with E-state index in [-0.39, 0.29) is 29.2 Å². The van der Waals surface area contributed by atoms with Crippen LogP contribution in [-0.2, 0) is 14.4 Å². The minimum absolute atomic E-state index is 0.103. The highest BCUT2D eigenvalue weighted by Gasteiger charge is 2.40. The van der Waals surface area contributed by atoms with E-state index in [2.05, 4.69) is 0 Å². The average Bonchev–Trinajstić information content (AvgIpc) is 2.44. The molecule has 1 heterocycles. The molecule has 3 unspecified atom stereocenters. The van der Waals surface area contributed by atoms with Gasteiger partial charge in [-0.2, -0.15) is 0 Å². The number of amides is 1. The number of thioether (sulfide) groups is 1. The van der Waals surface area contributed by atoms with Crippen LogP contribution >= 0.6 is 11.8 Å². The molecule has 0 spiro atoms. The predicted octanol–water partition coefficient (Wildman–Crippen LogP) is -0.299. The van der Waals surface area contributed by atoms with Gasteiger partial charge in [0, 0.05) is 25.1 Å². The summed E-state index contributed by atoms with van der Waals surface area (Å²) in [6.45, 7) is 2.92. The molecule has 0 radical (unpaired) electrons. The molecule has 1 aliphatic heterocycles. The van der Waals surface area contributed by atoms with Crippen LogP contribution in [0.2, 0.25) is 0 Å². The second kappa shape index (κ2) is 5.50. The van der Waals surface area contributed by atoms with Crippen LogP contribution in [0.25, 0.3) is 0 Å². The van der Waals surface area contributed by atoms with E-state index < -0.39 is 18.1 Å². The van der Waals surface area contributed by atoms with Crippen molar-refractivity contribution in [1.29, 1.82) is 0 Å². The first kappa shape index (κ1) is 14.0. The van der Waals surface area contributed by atoms with Crippen molar-refractivity contribution in [2.24, 2.45) is 0 Å². The number of aliphatic hydroxyl groups is 1. The van der Waals surface area contributed by atoms with Crippen LogP contribution in [0.3, 0.4) is 0 Å². The summed E-state index contributed by atoms with van der Waals surface area (Å²) in [4.78, 5) is 34.7. The van der Waals surface area contributed by atoms with Gasteiger partial charge in [-0.05, 0) is 6.92 Å². The summed E-state index contributed by atoms with van der Waals surface area (Å²) < 4.78 is 0. The maximum Gasteiger partial charge on any atom is 0.329 e. The van der Waals surface area contributed by atoms with E-state index in [1.807, 2.05) is 0 Å². The van der Waals surface area contributed by atoms with E-state index in [1.54, 1.807) is 0 Å². The van der Waals surface area contributed by atoms with E-state index in [1.165, 1.54) is 13.8 Å². The summed E-state index contributed by atoms with van der Waals surface area (Å²) >= 11 is 1.03. The van der Waals surface area contributed by atoms with Gasteiger partial charge in [0.05, 0.1) is 6.10 Å². The van der Waals surface area contributed by atoms with Crippen LogP contribution in [0.15, 0.2) is 0 Å². The minimum atomic E-state index is -1.24. The highest BCUT2D eigenvalue weighted by molar-refractivity contribution is 8.14. The molecule has 0 bridgehead atoms. The van der Waals surface area contributed by atoms with Crippen molar-refractivity contribution in [2.45, 2.75) is 37.7 Å². The molecule has 96 valence electrons. The van der Waals surface area contributed by atoms with Gasteiger partial charge in [-0.25, -0.2) is 4.79 Å². The van der Waals surface area contributed by atoms with Crippen LogP contribution in [0.1, 0.15) is 20.3 Å². The SMILES string of the molecule is CC(=O)SC1CC(=O)N(C(C(=O)O)C(C)O)C1. The van der Waals surface area contributed by atoms with E-state index in [9.17, 15) is 19.5 Å². The lowest BCUT2D eigenvalue weighted by Crippen LogP contribution is -2.48. The Morgan fingerprint density at radius 1 is 1.53 bits per heavy atom. The van der Waals surface area contributed by atoms with E-state index >= 15 is 0 Å². The van der Waals surface area contributed by atoms with Gasteiger partial charge in [0.15, 0.2) is 11.2 Å². The van der Waals surface area contributed by atoms with Crippen molar-refractivity contribution >= 4 is 28.8 Å². The fourth-order valence-corrected chi connectivity index (χ4v) is 2.81. The molecule has 0 aromatic carbocycles. The van der Waals surface area contributed by atoms with Gasteiger partial charge < -0.3 is 15.1 Å². The number of aliphatic carboxylic acids is 1. The van der Waals surface area contributed by atoms with E-state index in [4.69, 9.17) is 5.11 Å². The fourth-order valence-electron chi connectivity index (χ4n) is 1.88. The molecular weight excluding hydrogens is 246 g/mol. The molecule has 0 aromatic heterocycles. The topological polar surface area (TPSA) is 94.9 Å². The normalized spacial score (nSPS) is 23.6. The van der Waals surface area contributed by atoms with Gasteiger partial charge in [-0.1, -0.05) is 11.8 Å². The average molecular weight is 261 g/mol. The molecule has 6 nitrogen and oxygen atoms in total. The van der Waals surface area contributed by atoms with E-state index in [0.29, 0.717) is 0 Å². The molecule has 3 atom stereocenters. The van der Waals surface area contributed by atoms with Crippen molar-refractivity contribution in [3.63, 3.8) is 0 Å². The number of carbonyl (C=O) groups is 3. The van der Waals surface area contributed by atoms with Crippen LogP contribution in [-0.4, -0.2) is 56.0 Å². The largest absolute Gasteiger partial charge is 0.480 e. The number of carbonyl (C=O) groups excluding carboxylic acids is 2. The molecule has 1 fully saturated rings. The number of hydrogen-bond acceptors (Lipinski definition) is 5. The van der Waals surface area contributed by atoms with Crippen molar-refractivity contribution in [3.05, 3.63) is 0 Å². The zero-order valence-corrected chi connectivity index (χ0v) is 10.4. The maximum atomic E-state index is 11.6. The molecule has 1 amide bonds. The molecule has 1 saturated heterocycles. The number of nitrogens with zero attached hydrogens (tertiary/aromatic N) is 1. The Balaban J connectivity index is 2.75. The minimum Gasteiger partial charge on any atom is -0.480 e. The molecule has 2 N–H and O–H groups in total. The molecule has 17 heavy (non-hydrogen) atoms. The lowest BCUT2D eigenvalue weighted by molar-refractivity contribution is -0.152. The molecule has 7 heteroatoms. The second-order valence-corrected chi connectivity index (χ2v) is 5.48. The molecule has 1 rings (SSSR count). The number of hydrogen-bond donors (Lipinski definition) is 2. The first-order valence-corrected chi connectivity index (χ1v) is 6.08.